The van der Waals surface area contributed by atoms with Gasteiger partial charge in [0.05, 0.1) is 15.6 Å². The van der Waals surface area contributed by atoms with Crippen LogP contribution >= 0.6 is 11.6 Å². The highest BCUT2D eigenvalue weighted by Gasteiger charge is 2.34. The molecular weight excluding hydrogens is 613 g/mol. The number of halogens is 2. The number of nitrogens with one attached hydrogen (secondary N) is 1. The summed E-state index contributed by atoms with van der Waals surface area (Å²) < 4.78 is 43.0. The van der Waals surface area contributed by atoms with E-state index in [9.17, 15) is 22.4 Å². The Balaban J connectivity index is 1.79. The fourth-order valence-electron chi connectivity index (χ4n) is 4.84. The Morgan fingerprint density at radius 3 is 2.16 bits per heavy atom. The lowest BCUT2D eigenvalue weighted by Gasteiger charge is -2.34. The molecule has 7 nitrogen and oxygen atoms in total. The Morgan fingerprint density at radius 2 is 1.53 bits per heavy atom. The number of amides is 2. The number of anilines is 1. The van der Waals surface area contributed by atoms with Gasteiger partial charge in [-0.3, -0.25) is 13.9 Å². The molecule has 10 heteroatoms. The maximum Gasteiger partial charge on any atom is 0.264 e. The lowest BCUT2D eigenvalue weighted by Crippen LogP contribution is -2.53. The number of aryl methyl sites for hydroxylation is 1. The van der Waals surface area contributed by atoms with Gasteiger partial charge in [0.15, 0.2) is 0 Å². The standard InChI is InChI=1S/C35H37ClFN3O4S/c1-3-4-21-38-35(42)33(22-27-11-7-5-8-12-27)39(24-28-17-15-26(2)16-18-28)34(41)25-40(29-19-20-32(37)31(36)23-29)45(43,44)30-13-9-6-10-14-30/h5-20,23,33H,3-4,21-22,24-25H2,1-2H3,(H,38,42). The molecule has 4 aromatic rings. The van der Waals surface area contributed by atoms with Gasteiger partial charge in [-0.1, -0.05) is 103 Å². The molecule has 1 atom stereocenters. The molecule has 1 N–H and O–H groups in total. The largest absolute Gasteiger partial charge is 0.354 e. The van der Waals surface area contributed by atoms with Gasteiger partial charge >= 0.3 is 0 Å². The van der Waals surface area contributed by atoms with Crippen LogP contribution in [-0.2, 0) is 32.6 Å². The van der Waals surface area contributed by atoms with Crippen molar-refractivity contribution in [1.29, 1.82) is 0 Å². The summed E-state index contributed by atoms with van der Waals surface area (Å²) in [4.78, 5) is 29.6. The van der Waals surface area contributed by atoms with Gasteiger partial charge < -0.3 is 10.2 Å². The molecule has 0 radical (unpaired) electrons. The molecule has 4 rings (SSSR count). The first-order chi connectivity index (χ1) is 21.6. The third-order valence-corrected chi connectivity index (χ3v) is 9.45. The summed E-state index contributed by atoms with van der Waals surface area (Å²) in [5.74, 6) is -1.67. The van der Waals surface area contributed by atoms with Crippen LogP contribution in [0.25, 0.3) is 0 Å². The molecule has 0 saturated heterocycles. The van der Waals surface area contributed by atoms with Crippen molar-refractivity contribution in [2.45, 2.75) is 50.6 Å². The Kier molecular flexibility index (Phi) is 11.7. The molecule has 0 spiro atoms. The van der Waals surface area contributed by atoms with Crippen LogP contribution in [0.15, 0.2) is 108 Å². The zero-order valence-corrected chi connectivity index (χ0v) is 26.9. The van der Waals surface area contributed by atoms with Crippen molar-refractivity contribution in [2.24, 2.45) is 0 Å². The summed E-state index contributed by atoms with van der Waals surface area (Å²) in [5.41, 5.74) is 2.66. The Morgan fingerprint density at radius 1 is 0.889 bits per heavy atom. The van der Waals surface area contributed by atoms with Gasteiger partial charge in [-0.05, 0) is 54.8 Å². The third-order valence-electron chi connectivity index (χ3n) is 7.38. The molecule has 236 valence electrons. The van der Waals surface area contributed by atoms with Gasteiger partial charge in [-0.15, -0.1) is 0 Å². The highest BCUT2D eigenvalue weighted by atomic mass is 35.5. The summed E-state index contributed by atoms with van der Waals surface area (Å²) >= 11 is 6.07. The number of benzene rings is 4. The summed E-state index contributed by atoms with van der Waals surface area (Å²) in [6.45, 7) is 3.81. The highest BCUT2D eigenvalue weighted by Crippen LogP contribution is 2.28. The third kappa shape index (κ3) is 8.93. The number of nitrogens with zero attached hydrogens (tertiary/aromatic N) is 2. The number of rotatable bonds is 14. The molecule has 0 fully saturated rings. The average Bonchev–Trinajstić information content (AvgIpc) is 3.04. The normalized spacial score (nSPS) is 11.9. The van der Waals surface area contributed by atoms with E-state index in [2.05, 4.69) is 5.32 Å². The molecule has 0 bridgehead atoms. The van der Waals surface area contributed by atoms with E-state index in [1.54, 1.807) is 18.2 Å². The molecule has 0 aromatic heterocycles. The van der Waals surface area contributed by atoms with Crippen molar-refractivity contribution < 1.29 is 22.4 Å². The first-order valence-corrected chi connectivity index (χ1v) is 16.6. The summed E-state index contributed by atoms with van der Waals surface area (Å²) in [6.07, 6.45) is 1.86. The van der Waals surface area contributed by atoms with Crippen LogP contribution in [0.3, 0.4) is 0 Å². The predicted octanol–water partition coefficient (Wildman–Crippen LogP) is 6.54. The van der Waals surface area contributed by atoms with Crippen LogP contribution in [0, 0.1) is 12.7 Å². The second-order valence-electron chi connectivity index (χ2n) is 10.8. The van der Waals surface area contributed by atoms with Crippen molar-refractivity contribution in [3.63, 3.8) is 0 Å². The van der Waals surface area contributed by atoms with Crippen LogP contribution < -0.4 is 9.62 Å². The Bertz CT molecular complexity index is 1690. The molecule has 45 heavy (non-hydrogen) atoms. The van der Waals surface area contributed by atoms with Gasteiger partial charge in [0, 0.05) is 19.5 Å². The van der Waals surface area contributed by atoms with Gasteiger partial charge in [0.1, 0.15) is 18.4 Å². The number of hydrogen-bond donors (Lipinski definition) is 1. The minimum absolute atomic E-state index is 0.0147. The lowest BCUT2D eigenvalue weighted by atomic mass is 10.0. The maximum absolute atomic E-state index is 14.4. The van der Waals surface area contributed by atoms with Crippen molar-refractivity contribution in [3.8, 4) is 0 Å². The maximum atomic E-state index is 14.4. The first kappa shape index (κ1) is 33.7. The highest BCUT2D eigenvalue weighted by molar-refractivity contribution is 7.92. The average molecular weight is 650 g/mol. The van der Waals surface area contributed by atoms with E-state index in [1.807, 2.05) is 68.4 Å². The van der Waals surface area contributed by atoms with Gasteiger partial charge in [0.2, 0.25) is 11.8 Å². The van der Waals surface area contributed by atoms with Gasteiger partial charge in [0.25, 0.3) is 10.0 Å². The number of carbonyl (C=O) groups excluding carboxylic acids is 2. The van der Waals surface area contributed by atoms with Crippen LogP contribution in [-0.4, -0.2) is 44.3 Å². The fourth-order valence-corrected chi connectivity index (χ4v) is 6.44. The van der Waals surface area contributed by atoms with Crippen molar-refractivity contribution in [2.75, 3.05) is 17.4 Å². The zero-order chi connectivity index (χ0) is 32.4. The van der Waals surface area contributed by atoms with E-state index in [1.165, 1.54) is 29.2 Å². The number of sulfonamides is 1. The van der Waals surface area contributed by atoms with Crippen LogP contribution in [0.1, 0.15) is 36.5 Å². The van der Waals surface area contributed by atoms with Crippen molar-refractivity contribution >= 4 is 39.1 Å². The van der Waals surface area contributed by atoms with E-state index in [-0.39, 0.29) is 34.5 Å². The Hall–Kier alpha value is -4.21. The molecule has 1 unspecified atom stereocenters. The summed E-state index contributed by atoms with van der Waals surface area (Å²) in [7, 11) is -4.31. The number of unbranched alkanes of at least 4 members (excludes halogenated alkanes) is 1. The van der Waals surface area contributed by atoms with Crippen molar-refractivity contribution in [3.05, 3.63) is 131 Å². The minimum atomic E-state index is -4.31. The minimum Gasteiger partial charge on any atom is -0.354 e. The molecule has 0 aliphatic rings. The van der Waals surface area contributed by atoms with E-state index < -0.39 is 34.3 Å². The topological polar surface area (TPSA) is 86.8 Å². The second kappa shape index (κ2) is 15.7. The van der Waals surface area contributed by atoms with Crippen LogP contribution in [0.2, 0.25) is 5.02 Å². The van der Waals surface area contributed by atoms with Crippen LogP contribution in [0.4, 0.5) is 10.1 Å². The Labute approximate surface area is 269 Å². The zero-order valence-electron chi connectivity index (χ0n) is 25.3. The molecule has 2 amide bonds. The summed E-state index contributed by atoms with van der Waals surface area (Å²) in [5, 5.41) is 2.68. The van der Waals surface area contributed by atoms with Gasteiger partial charge in [-0.25, -0.2) is 12.8 Å². The quantitative estimate of drug-likeness (QED) is 0.157. The summed E-state index contributed by atoms with van der Waals surface area (Å²) in [6, 6.07) is 27.1. The monoisotopic (exact) mass is 649 g/mol. The number of carbonyl (C=O) groups is 2. The predicted molar refractivity (Wildman–Crippen MR) is 176 cm³/mol. The molecule has 4 aromatic carbocycles. The van der Waals surface area contributed by atoms with E-state index in [4.69, 9.17) is 11.6 Å². The lowest BCUT2D eigenvalue weighted by molar-refractivity contribution is -0.140. The molecule has 0 aliphatic heterocycles. The van der Waals surface area contributed by atoms with Crippen LogP contribution in [0.5, 0.6) is 0 Å². The fraction of sp³-hybridized carbons (Fsp3) is 0.257. The second-order valence-corrected chi connectivity index (χ2v) is 13.0. The van der Waals surface area contributed by atoms with E-state index in [0.717, 1.165) is 39.9 Å². The first-order valence-electron chi connectivity index (χ1n) is 14.8. The molecule has 0 aliphatic carbocycles. The van der Waals surface area contributed by atoms with Gasteiger partial charge in [-0.2, -0.15) is 0 Å². The van der Waals surface area contributed by atoms with E-state index in [0.29, 0.717) is 6.54 Å². The molecule has 0 saturated carbocycles. The van der Waals surface area contributed by atoms with Crippen molar-refractivity contribution in [1.82, 2.24) is 10.2 Å². The smallest absolute Gasteiger partial charge is 0.264 e. The molecular formula is C35H37ClFN3O4S. The molecule has 0 heterocycles. The number of hydrogen-bond acceptors (Lipinski definition) is 4. The SMILES string of the molecule is CCCCNC(=O)C(Cc1ccccc1)N(Cc1ccc(C)cc1)C(=O)CN(c1ccc(F)c(Cl)c1)S(=O)(=O)c1ccccc1. The van der Waals surface area contributed by atoms with E-state index >= 15 is 0 Å².